The number of nitrogens with zero attached hydrogens (tertiary/aromatic N) is 5. The molecule has 0 aliphatic heterocycles. The van der Waals surface area contributed by atoms with Gasteiger partial charge in [0.2, 0.25) is 0 Å². The lowest BCUT2D eigenvalue weighted by Gasteiger charge is -2.05. The average molecular weight is 349 g/mol. The molecule has 0 saturated carbocycles. The van der Waals surface area contributed by atoms with Crippen molar-refractivity contribution >= 4 is 11.4 Å². The van der Waals surface area contributed by atoms with Gasteiger partial charge in [0.25, 0.3) is 0 Å². The summed E-state index contributed by atoms with van der Waals surface area (Å²) in [6.07, 6.45) is 4.02. The summed E-state index contributed by atoms with van der Waals surface area (Å²) < 4.78 is 17.4. The van der Waals surface area contributed by atoms with Crippen molar-refractivity contribution in [2.24, 2.45) is 0 Å². The molecule has 0 unspecified atom stereocenters. The fourth-order valence-corrected chi connectivity index (χ4v) is 2.97. The SMILES string of the molecule is CC(=O)Cc1cn2cc(-c3nnn(-c4ccccc4F)c3C)ccc2n1. The highest BCUT2D eigenvalue weighted by atomic mass is 19.1. The molecule has 3 heterocycles. The molecule has 0 atom stereocenters. The standard InChI is InChI=1S/C19H16FN5O/c1-12(26)9-15-11-24-10-14(7-8-18(24)21-15)19-13(2)25(23-22-19)17-6-4-3-5-16(17)20/h3-8,10-11H,9H2,1-2H3. The van der Waals surface area contributed by atoms with E-state index in [0.717, 1.165) is 22.6 Å². The van der Waals surface area contributed by atoms with Crippen molar-refractivity contribution in [3.05, 3.63) is 66.0 Å². The highest BCUT2D eigenvalue weighted by Gasteiger charge is 2.15. The number of hydrogen-bond donors (Lipinski definition) is 0. The third-order valence-electron chi connectivity index (χ3n) is 4.18. The summed E-state index contributed by atoms with van der Waals surface area (Å²) in [5.41, 5.74) is 4.07. The quantitative estimate of drug-likeness (QED) is 0.568. The first-order valence-corrected chi connectivity index (χ1v) is 8.17. The van der Waals surface area contributed by atoms with Crippen LogP contribution < -0.4 is 0 Å². The van der Waals surface area contributed by atoms with Gasteiger partial charge in [0, 0.05) is 24.4 Å². The Hall–Kier alpha value is -3.35. The summed E-state index contributed by atoms with van der Waals surface area (Å²) in [5.74, 6) is -0.289. The molecular weight excluding hydrogens is 333 g/mol. The zero-order valence-corrected chi connectivity index (χ0v) is 14.3. The van der Waals surface area contributed by atoms with Crippen LogP contribution in [-0.4, -0.2) is 30.2 Å². The van der Waals surface area contributed by atoms with Crippen molar-refractivity contribution in [1.82, 2.24) is 24.4 Å². The van der Waals surface area contributed by atoms with Gasteiger partial charge in [-0.15, -0.1) is 5.10 Å². The first-order valence-electron chi connectivity index (χ1n) is 8.17. The molecule has 6 nitrogen and oxygen atoms in total. The highest BCUT2D eigenvalue weighted by Crippen LogP contribution is 2.24. The number of Topliss-reactive ketones (excluding diaryl/α,β-unsaturated/α-hetero) is 1. The number of halogens is 1. The summed E-state index contributed by atoms with van der Waals surface area (Å²) in [6, 6.07) is 10.2. The first kappa shape index (κ1) is 16.1. The van der Waals surface area contributed by atoms with Gasteiger partial charge in [-0.3, -0.25) is 4.79 Å². The summed E-state index contributed by atoms with van der Waals surface area (Å²) in [7, 11) is 0. The number of carbonyl (C=O) groups excluding carboxylic acids is 1. The largest absolute Gasteiger partial charge is 0.306 e. The molecule has 0 amide bonds. The number of ketones is 1. The lowest BCUT2D eigenvalue weighted by Crippen LogP contribution is -2.01. The van der Waals surface area contributed by atoms with E-state index in [-0.39, 0.29) is 11.6 Å². The number of imidazole rings is 1. The Morgan fingerprint density at radius 2 is 1.96 bits per heavy atom. The van der Waals surface area contributed by atoms with Gasteiger partial charge in [0.05, 0.1) is 11.4 Å². The zero-order chi connectivity index (χ0) is 18.3. The molecule has 4 rings (SSSR count). The summed E-state index contributed by atoms with van der Waals surface area (Å²) in [6.45, 7) is 3.39. The minimum absolute atomic E-state index is 0.0669. The molecule has 0 aliphatic rings. The van der Waals surface area contributed by atoms with Crippen LogP contribution in [0.15, 0.2) is 48.8 Å². The maximum absolute atomic E-state index is 14.1. The molecule has 0 fully saturated rings. The van der Waals surface area contributed by atoms with E-state index in [1.807, 2.05) is 35.9 Å². The number of pyridine rings is 1. The van der Waals surface area contributed by atoms with Crippen LogP contribution in [0.5, 0.6) is 0 Å². The number of aromatic nitrogens is 5. The van der Waals surface area contributed by atoms with Crippen molar-refractivity contribution in [2.45, 2.75) is 20.3 Å². The molecule has 4 aromatic rings. The van der Waals surface area contributed by atoms with E-state index >= 15 is 0 Å². The molecule has 3 aromatic heterocycles. The van der Waals surface area contributed by atoms with E-state index in [2.05, 4.69) is 15.3 Å². The second-order valence-electron chi connectivity index (χ2n) is 6.18. The first-order chi connectivity index (χ1) is 12.5. The van der Waals surface area contributed by atoms with Crippen LogP contribution in [0.3, 0.4) is 0 Å². The van der Waals surface area contributed by atoms with Crippen LogP contribution in [0.25, 0.3) is 22.6 Å². The van der Waals surface area contributed by atoms with E-state index in [1.54, 1.807) is 25.1 Å². The third kappa shape index (κ3) is 2.77. The van der Waals surface area contributed by atoms with Crippen molar-refractivity contribution in [3.8, 4) is 16.9 Å². The predicted octanol–water partition coefficient (Wildman–Crippen LogP) is 3.16. The van der Waals surface area contributed by atoms with E-state index < -0.39 is 0 Å². The average Bonchev–Trinajstić information content (AvgIpc) is 3.17. The van der Waals surface area contributed by atoms with Crippen molar-refractivity contribution in [1.29, 1.82) is 0 Å². The Bertz CT molecular complexity index is 1130. The van der Waals surface area contributed by atoms with Gasteiger partial charge in [0.1, 0.15) is 28.6 Å². The number of fused-ring (bicyclic) bond motifs is 1. The molecular formula is C19H16FN5O. The van der Waals surface area contributed by atoms with E-state index in [0.29, 0.717) is 17.8 Å². The topological polar surface area (TPSA) is 65.1 Å². The lowest BCUT2D eigenvalue weighted by molar-refractivity contribution is -0.116. The predicted molar refractivity (Wildman–Crippen MR) is 94.6 cm³/mol. The molecule has 0 aliphatic carbocycles. The summed E-state index contributed by atoms with van der Waals surface area (Å²) >= 11 is 0. The fraction of sp³-hybridized carbons (Fsp3) is 0.158. The maximum atomic E-state index is 14.1. The molecule has 0 saturated heterocycles. The molecule has 26 heavy (non-hydrogen) atoms. The van der Waals surface area contributed by atoms with Gasteiger partial charge in [-0.2, -0.15) is 0 Å². The third-order valence-corrected chi connectivity index (χ3v) is 4.18. The zero-order valence-electron chi connectivity index (χ0n) is 14.3. The molecule has 130 valence electrons. The number of rotatable bonds is 4. The maximum Gasteiger partial charge on any atom is 0.148 e. The Kier molecular flexibility index (Phi) is 3.84. The Morgan fingerprint density at radius 1 is 1.15 bits per heavy atom. The van der Waals surface area contributed by atoms with Gasteiger partial charge in [0.15, 0.2) is 0 Å². The number of hydrogen-bond acceptors (Lipinski definition) is 4. The van der Waals surface area contributed by atoms with Crippen molar-refractivity contribution < 1.29 is 9.18 Å². The van der Waals surface area contributed by atoms with Crippen LogP contribution in [0.2, 0.25) is 0 Å². The van der Waals surface area contributed by atoms with Crippen LogP contribution in [-0.2, 0) is 11.2 Å². The minimum Gasteiger partial charge on any atom is -0.306 e. The molecule has 0 bridgehead atoms. The van der Waals surface area contributed by atoms with E-state index in [4.69, 9.17) is 0 Å². The molecule has 1 aromatic carbocycles. The summed E-state index contributed by atoms with van der Waals surface area (Å²) in [4.78, 5) is 15.7. The number of carbonyl (C=O) groups is 1. The summed E-state index contributed by atoms with van der Waals surface area (Å²) in [5, 5.41) is 8.33. The normalized spacial score (nSPS) is 11.2. The second-order valence-corrected chi connectivity index (χ2v) is 6.18. The van der Waals surface area contributed by atoms with Gasteiger partial charge in [-0.05, 0) is 38.1 Å². The van der Waals surface area contributed by atoms with Crippen molar-refractivity contribution in [3.63, 3.8) is 0 Å². The van der Waals surface area contributed by atoms with Gasteiger partial charge in [-0.25, -0.2) is 14.1 Å². The number of para-hydroxylation sites is 1. The monoisotopic (exact) mass is 349 g/mol. The van der Waals surface area contributed by atoms with E-state index in [9.17, 15) is 9.18 Å². The van der Waals surface area contributed by atoms with Crippen LogP contribution >= 0.6 is 0 Å². The van der Waals surface area contributed by atoms with Gasteiger partial charge in [-0.1, -0.05) is 17.3 Å². The molecule has 7 heteroatoms. The molecule has 0 spiro atoms. The lowest BCUT2D eigenvalue weighted by atomic mass is 10.1. The molecule has 0 N–H and O–H groups in total. The highest BCUT2D eigenvalue weighted by molar-refractivity contribution is 5.78. The Labute approximate surface area is 148 Å². The van der Waals surface area contributed by atoms with E-state index in [1.165, 1.54) is 10.7 Å². The van der Waals surface area contributed by atoms with Crippen LogP contribution in [0, 0.1) is 12.7 Å². The molecule has 0 radical (unpaired) electrons. The Balaban J connectivity index is 1.76. The smallest absolute Gasteiger partial charge is 0.148 e. The minimum atomic E-state index is -0.356. The van der Waals surface area contributed by atoms with Crippen LogP contribution in [0.4, 0.5) is 4.39 Å². The second kappa shape index (κ2) is 6.18. The van der Waals surface area contributed by atoms with Gasteiger partial charge < -0.3 is 4.40 Å². The van der Waals surface area contributed by atoms with Gasteiger partial charge >= 0.3 is 0 Å². The van der Waals surface area contributed by atoms with Crippen LogP contribution in [0.1, 0.15) is 18.3 Å². The van der Waals surface area contributed by atoms with Crippen molar-refractivity contribution in [2.75, 3.05) is 0 Å². The fourth-order valence-electron chi connectivity index (χ4n) is 2.97. The Morgan fingerprint density at radius 3 is 2.73 bits per heavy atom. The number of benzene rings is 1.